The minimum Gasteiger partial charge on any atom is -0.374 e. The third-order valence-corrected chi connectivity index (χ3v) is 8.44. The molecule has 6 nitrogen and oxygen atoms in total. The highest BCUT2D eigenvalue weighted by atomic mass is 32.2. The van der Waals surface area contributed by atoms with E-state index >= 15 is 0 Å². The molecule has 1 aromatic carbocycles. The van der Waals surface area contributed by atoms with Crippen LogP contribution in [0.3, 0.4) is 0 Å². The molecule has 0 N–H and O–H groups in total. The Morgan fingerprint density at radius 2 is 1.91 bits per heavy atom. The van der Waals surface area contributed by atoms with Crippen molar-refractivity contribution in [2.45, 2.75) is 30.7 Å². The van der Waals surface area contributed by atoms with E-state index in [1.165, 1.54) is 17.4 Å². The standard InChI is InChI=1S/C26H28N4O2S/c1-4-18(17-33(31,32)24-7-5-6-12-27-24)21-10-13-28-26-25(21)22(16-30(26)3)20-9-8-19-11-14-29(2)23(19)15-20/h5-10,12-13,15-16,18H,4,11,14,17H2,1-3H3. The van der Waals surface area contributed by atoms with Gasteiger partial charge >= 0.3 is 0 Å². The lowest BCUT2D eigenvalue weighted by Crippen LogP contribution is -2.16. The maximum atomic E-state index is 13.1. The summed E-state index contributed by atoms with van der Waals surface area (Å²) < 4.78 is 28.3. The monoisotopic (exact) mass is 460 g/mol. The van der Waals surface area contributed by atoms with Crippen LogP contribution in [0.5, 0.6) is 0 Å². The molecule has 170 valence electrons. The lowest BCUT2D eigenvalue weighted by molar-refractivity contribution is 0.581. The molecular weight excluding hydrogens is 432 g/mol. The number of hydrogen-bond donors (Lipinski definition) is 0. The molecule has 33 heavy (non-hydrogen) atoms. The third kappa shape index (κ3) is 3.80. The molecule has 1 aliphatic heterocycles. The number of aromatic nitrogens is 3. The third-order valence-electron chi connectivity index (χ3n) is 6.72. The molecule has 3 aromatic heterocycles. The number of anilines is 1. The van der Waals surface area contributed by atoms with E-state index in [0.29, 0.717) is 6.42 Å². The number of benzene rings is 1. The van der Waals surface area contributed by atoms with Crippen LogP contribution in [0.1, 0.15) is 30.4 Å². The lowest BCUT2D eigenvalue weighted by atomic mass is 9.92. The van der Waals surface area contributed by atoms with Crippen LogP contribution < -0.4 is 4.90 Å². The summed E-state index contributed by atoms with van der Waals surface area (Å²) >= 11 is 0. The maximum Gasteiger partial charge on any atom is 0.196 e. The molecule has 1 atom stereocenters. The molecule has 1 aliphatic rings. The van der Waals surface area contributed by atoms with E-state index in [2.05, 4.69) is 46.3 Å². The number of fused-ring (bicyclic) bond motifs is 2. The lowest BCUT2D eigenvalue weighted by Gasteiger charge is -2.18. The van der Waals surface area contributed by atoms with Crippen LogP contribution in [0.15, 0.2) is 66.1 Å². The fourth-order valence-electron chi connectivity index (χ4n) is 4.90. The Hall–Kier alpha value is -3.19. The summed E-state index contributed by atoms with van der Waals surface area (Å²) in [5.41, 5.74) is 6.74. The summed E-state index contributed by atoms with van der Waals surface area (Å²) in [4.78, 5) is 11.0. The predicted molar refractivity (Wildman–Crippen MR) is 132 cm³/mol. The van der Waals surface area contributed by atoms with Gasteiger partial charge in [0.05, 0.1) is 5.75 Å². The van der Waals surface area contributed by atoms with Crippen molar-refractivity contribution in [3.8, 4) is 11.1 Å². The van der Waals surface area contributed by atoms with Crippen LogP contribution in [-0.4, -0.2) is 42.3 Å². The van der Waals surface area contributed by atoms with Gasteiger partial charge in [0.15, 0.2) is 14.9 Å². The summed E-state index contributed by atoms with van der Waals surface area (Å²) in [5.74, 6) is -0.151. The van der Waals surface area contributed by atoms with Crippen molar-refractivity contribution in [3.63, 3.8) is 0 Å². The maximum absolute atomic E-state index is 13.1. The minimum absolute atomic E-state index is 0.0148. The highest BCUT2D eigenvalue weighted by molar-refractivity contribution is 7.91. The van der Waals surface area contributed by atoms with Crippen LogP contribution in [0.25, 0.3) is 22.2 Å². The normalized spacial score (nSPS) is 14.6. The summed E-state index contributed by atoms with van der Waals surface area (Å²) in [6.07, 6.45) is 7.19. The van der Waals surface area contributed by atoms with Crippen molar-refractivity contribution in [2.75, 3.05) is 24.2 Å². The molecule has 4 aromatic rings. The number of sulfone groups is 1. The fourth-order valence-corrected chi connectivity index (χ4v) is 6.53. The number of hydrogen-bond acceptors (Lipinski definition) is 5. The molecule has 0 aliphatic carbocycles. The SMILES string of the molecule is CCC(CS(=O)(=O)c1ccccn1)c1ccnc2c1c(-c1ccc3c(c1)N(C)CC3)cn2C. The molecule has 5 rings (SSSR count). The minimum atomic E-state index is -3.52. The zero-order chi connectivity index (χ0) is 23.2. The average Bonchev–Trinajstić information content (AvgIpc) is 3.37. The second kappa shape index (κ2) is 8.30. The van der Waals surface area contributed by atoms with Gasteiger partial charge in [0, 0.05) is 55.9 Å². The molecule has 1 unspecified atom stereocenters. The second-order valence-electron chi connectivity index (χ2n) is 8.82. The first-order valence-electron chi connectivity index (χ1n) is 11.3. The second-order valence-corrected chi connectivity index (χ2v) is 10.8. The van der Waals surface area contributed by atoms with Crippen molar-refractivity contribution < 1.29 is 8.42 Å². The largest absolute Gasteiger partial charge is 0.374 e. The predicted octanol–water partition coefficient (Wildman–Crippen LogP) is 4.60. The average molecular weight is 461 g/mol. The van der Waals surface area contributed by atoms with Gasteiger partial charge in [0.25, 0.3) is 0 Å². The van der Waals surface area contributed by atoms with E-state index in [9.17, 15) is 8.42 Å². The highest BCUT2D eigenvalue weighted by Gasteiger charge is 2.26. The Labute approximate surface area is 194 Å². The topological polar surface area (TPSA) is 68.1 Å². The molecule has 4 heterocycles. The Balaban J connectivity index is 1.63. The summed E-state index contributed by atoms with van der Waals surface area (Å²) in [6, 6.07) is 13.6. The van der Waals surface area contributed by atoms with E-state index in [1.54, 1.807) is 24.4 Å². The Morgan fingerprint density at radius 3 is 2.67 bits per heavy atom. The van der Waals surface area contributed by atoms with Gasteiger partial charge in [-0.1, -0.05) is 25.1 Å². The van der Waals surface area contributed by atoms with Gasteiger partial charge in [0.2, 0.25) is 0 Å². The number of rotatable bonds is 6. The van der Waals surface area contributed by atoms with E-state index in [4.69, 9.17) is 0 Å². The number of nitrogens with zero attached hydrogens (tertiary/aromatic N) is 4. The van der Waals surface area contributed by atoms with Crippen LogP contribution in [0.2, 0.25) is 0 Å². The van der Waals surface area contributed by atoms with E-state index < -0.39 is 9.84 Å². The van der Waals surface area contributed by atoms with Crippen LogP contribution >= 0.6 is 0 Å². The molecule has 7 heteroatoms. The van der Waals surface area contributed by atoms with Crippen LogP contribution in [0.4, 0.5) is 5.69 Å². The van der Waals surface area contributed by atoms with Gasteiger partial charge in [-0.15, -0.1) is 0 Å². The van der Waals surface area contributed by atoms with Crippen molar-refractivity contribution >= 4 is 26.6 Å². The van der Waals surface area contributed by atoms with Gasteiger partial charge < -0.3 is 9.47 Å². The summed E-state index contributed by atoms with van der Waals surface area (Å²) in [6.45, 7) is 3.07. The van der Waals surface area contributed by atoms with Crippen molar-refractivity contribution in [1.29, 1.82) is 0 Å². The number of likely N-dealkylation sites (N-methyl/N-ethyl adjacent to an activating group) is 1. The molecular formula is C26H28N4O2S. The Morgan fingerprint density at radius 1 is 1.06 bits per heavy atom. The Bertz CT molecular complexity index is 1430. The molecule has 0 saturated heterocycles. The van der Waals surface area contributed by atoms with Gasteiger partial charge in [-0.05, 0) is 59.7 Å². The highest BCUT2D eigenvalue weighted by Crippen LogP contribution is 2.39. The number of pyridine rings is 2. The molecule has 0 bridgehead atoms. The zero-order valence-corrected chi connectivity index (χ0v) is 20.0. The number of aryl methyl sites for hydroxylation is 1. The van der Waals surface area contributed by atoms with E-state index in [0.717, 1.165) is 40.7 Å². The van der Waals surface area contributed by atoms with Gasteiger partial charge in [-0.2, -0.15) is 0 Å². The Kier molecular flexibility index (Phi) is 5.44. The molecule has 0 saturated carbocycles. The summed E-state index contributed by atoms with van der Waals surface area (Å²) in [5, 5.41) is 1.16. The quantitative estimate of drug-likeness (QED) is 0.421. The van der Waals surface area contributed by atoms with Crippen molar-refractivity contribution in [3.05, 3.63) is 72.2 Å². The van der Waals surface area contributed by atoms with E-state index in [1.807, 2.05) is 24.6 Å². The molecule has 0 radical (unpaired) electrons. The van der Waals surface area contributed by atoms with Crippen molar-refractivity contribution in [1.82, 2.24) is 14.5 Å². The molecule has 0 amide bonds. The van der Waals surface area contributed by atoms with Crippen LogP contribution in [-0.2, 0) is 23.3 Å². The first kappa shape index (κ1) is 21.6. The first-order chi connectivity index (χ1) is 15.9. The van der Waals surface area contributed by atoms with Crippen molar-refractivity contribution in [2.24, 2.45) is 7.05 Å². The summed E-state index contributed by atoms with van der Waals surface area (Å²) in [7, 11) is 0.601. The van der Waals surface area contributed by atoms with E-state index in [-0.39, 0.29) is 16.7 Å². The van der Waals surface area contributed by atoms with Gasteiger partial charge in [-0.25, -0.2) is 18.4 Å². The van der Waals surface area contributed by atoms with Gasteiger partial charge in [0.1, 0.15) is 5.65 Å². The molecule has 0 spiro atoms. The smallest absolute Gasteiger partial charge is 0.196 e. The fraction of sp³-hybridized carbons (Fsp3) is 0.308. The zero-order valence-electron chi connectivity index (χ0n) is 19.2. The van der Waals surface area contributed by atoms with Crippen LogP contribution in [0, 0.1) is 0 Å². The first-order valence-corrected chi connectivity index (χ1v) is 13.0. The van der Waals surface area contributed by atoms with Gasteiger partial charge in [-0.3, -0.25) is 0 Å². The molecule has 0 fully saturated rings.